The minimum Gasteiger partial charge on any atom is -0.196 e. The third kappa shape index (κ3) is 7.41. The van der Waals surface area contributed by atoms with Crippen LogP contribution in [0.3, 0.4) is 0 Å². The van der Waals surface area contributed by atoms with Gasteiger partial charge >= 0.3 is 12.1 Å². The fourth-order valence-electron chi connectivity index (χ4n) is 1.47. The molecule has 0 nitrogen and oxygen atoms in total. The summed E-state index contributed by atoms with van der Waals surface area (Å²) in [5, 5.41) is 0. The van der Waals surface area contributed by atoms with E-state index in [9.17, 15) is 22.0 Å². The van der Waals surface area contributed by atoms with Crippen molar-refractivity contribution < 1.29 is 22.0 Å². The van der Waals surface area contributed by atoms with Gasteiger partial charge in [0.2, 0.25) is 0 Å². The highest BCUT2D eigenvalue weighted by Gasteiger charge is 2.57. The van der Waals surface area contributed by atoms with E-state index >= 15 is 0 Å². The van der Waals surface area contributed by atoms with E-state index in [-0.39, 0.29) is 0 Å². The number of halogens is 6. The molecule has 0 amide bonds. The van der Waals surface area contributed by atoms with Crippen molar-refractivity contribution in [3.8, 4) is 0 Å². The molecule has 0 radical (unpaired) electrons. The first-order chi connectivity index (χ1) is 7.70. The van der Waals surface area contributed by atoms with Crippen LogP contribution in [0.2, 0.25) is 0 Å². The average Bonchev–Trinajstić information content (AvgIpc) is 2.14. The Kier molecular flexibility index (Phi) is 7.91. The molecule has 0 saturated heterocycles. The number of unbranched alkanes of at least 4 members (excludes halogenated alkanes) is 4. The molecule has 1 unspecified atom stereocenters. The Morgan fingerprint density at radius 2 is 1.47 bits per heavy atom. The first-order valence-electron chi connectivity index (χ1n) is 5.79. The molecule has 0 rings (SSSR count). The first-order valence-corrected chi connectivity index (χ1v) is 7.04. The molecule has 0 aliphatic heterocycles. The van der Waals surface area contributed by atoms with Gasteiger partial charge in [0.25, 0.3) is 0 Å². The van der Waals surface area contributed by atoms with Crippen molar-refractivity contribution in [3.63, 3.8) is 0 Å². The van der Waals surface area contributed by atoms with Crippen molar-refractivity contribution in [2.45, 2.75) is 67.9 Å². The molecule has 0 bridgehead atoms. The predicted octanol–water partition coefficient (Wildman–Crippen LogP) is 5.74. The zero-order chi connectivity index (χ0) is 13.5. The van der Waals surface area contributed by atoms with Gasteiger partial charge in [-0.15, -0.1) is 0 Å². The number of rotatable bonds is 8. The van der Waals surface area contributed by atoms with E-state index in [1.54, 1.807) is 22.6 Å². The molecule has 0 spiro atoms. The average molecular weight is 372 g/mol. The van der Waals surface area contributed by atoms with Crippen molar-refractivity contribution in [2.24, 2.45) is 0 Å². The smallest absolute Gasteiger partial charge is 0.196 e. The van der Waals surface area contributed by atoms with E-state index in [2.05, 4.69) is 6.92 Å². The lowest BCUT2D eigenvalue weighted by Crippen LogP contribution is -2.38. The van der Waals surface area contributed by atoms with E-state index in [0.717, 1.165) is 32.1 Å². The molecule has 104 valence electrons. The molecular weight excluding hydrogens is 354 g/mol. The second-order valence-corrected chi connectivity index (χ2v) is 5.97. The Balaban J connectivity index is 3.82. The van der Waals surface area contributed by atoms with E-state index in [1.807, 2.05) is 0 Å². The highest BCUT2D eigenvalue weighted by molar-refractivity contribution is 14.1. The summed E-state index contributed by atoms with van der Waals surface area (Å²) in [5.41, 5.74) is 0. The normalized spacial score (nSPS) is 15.0. The molecule has 0 N–H and O–H groups in total. The van der Waals surface area contributed by atoms with Crippen LogP contribution in [-0.2, 0) is 0 Å². The maximum atomic E-state index is 12.7. The third-order valence-electron chi connectivity index (χ3n) is 2.51. The Morgan fingerprint density at radius 3 is 1.94 bits per heavy atom. The maximum Gasteiger partial charge on any atom is 0.453 e. The maximum absolute atomic E-state index is 12.7. The molecule has 17 heavy (non-hydrogen) atoms. The molecule has 0 aliphatic carbocycles. The number of alkyl halides is 6. The van der Waals surface area contributed by atoms with Gasteiger partial charge < -0.3 is 0 Å². The van der Waals surface area contributed by atoms with E-state index in [1.165, 1.54) is 0 Å². The predicted molar refractivity (Wildman–Crippen MR) is 66.8 cm³/mol. The molecule has 0 aliphatic rings. The van der Waals surface area contributed by atoms with Crippen LogP contribution in [0.5, 0.6) is 0 Å². The van der Waals surface area contributed by atoms with Crippen LogP contribution in [0.15, 0.2) is 0 Å². The van der Waals surface area contributed by atoms with Gasteiger partial charge in [0.1, 0.15) is 0 Å². The SMILES string of the molecule is CCCCCCCC(I)CC(F)(F)C(F)(F)F. The molecule has 0 heterocycles. The highest BCUT2D eigenvalue weighted by atomic mass is 127. The van der Waals surface area contributed by atoms with E-state index in [0.29, 0.717) is 6.42 Å². The van der Waals surface area contributed by atoms with Crippen LogP contribution in [0.4, 0.5) is 22.0 Å². The Labute approximate surface area is 112 Å². The van der Waals surface area contributed by atoms with Gasteiger partial charge in [-0.3, -0.25) is 0 Å². The van der Waals surface area contributed by atoms with Crippen LogP contribution >= 0.6 is 22.6 Å². The molecule has 0 aromatic heterocycles. The fourth-order valence-corrected chi connectivity index (χ4v) is 2.46. The van der Waals surface area contributed by atoms with E-state index in [4.69, 9.17) is 0 Å². The number of hydrogen-bond acceptors (Lipinski definition) is 0. The zero-order valence-corrected chi connectivity index (χ0v) is 12.0. The summed E-state index contributed by atoms with van der Waals surface area (Å²) < 4.78 is 60.5. The molecule has 0 fully saturated rings. The Bertz CT molecular complexity index is 203. The van der Waals surface area contributed by atoms with Gasteiger partial charge in [0, 0.05) is 10.3 Å². The minimum absolute atomic E-state index is 0.427. The van der Waals surface area contributed by atoms with Crippen molar-refractivity contribution in [1.82, 2.24) is 0 Å². The lowest BCUT2D eigenvalue weighted by molar-refractivity contribution is -0.283. The summed E-state index contributed by atoms with van der Waals surface area (Å²) in [6.07, 6.45) is -1.27. The van der Waals surface area contributed by atoms with Gasteiger partial charge in [0.05, 0.1) is 0 Å². The molecule has 0 aromatic carbocycles. The van der Waals surface area contributed by atoms with Gasteiger partial charge in [0.15, 0.2) is 0 Å². The second-order valence-electron chi connectivity index (χ2n) is 4.21. The summed E-state index contributed by atoms with van der Waals surface area (Å²) in [6.45, 7) is 2.06. The van der Waals surface area contributed by atoms with Crippen molar-refractivity contribution >= 4 is 22.6 Å². The fraction of sp³-hybridized carbons (Fsp3) is 1.00. The summed E-state index contributed by atoms with van der Waals surface area (Å²) in [5.74, 6) is -4.55. The van der Waals surface area contributed by atoms with Crippen molar-refractivity contribution in [2.75, 3.05) is 0 Å². The van der Waals surface area contributed by atoms with Gasteiger partial charge in [-0.25, -0.2) is 0 Å². The second kappa shape index (κ2) is 7.74. The van der Waals surface area contributed by atoms with Crippen LogP contribution in [0, 0.1) is 0 Å². The standard InChI is InChI=1S/C11H18F5I/c1-2-3-4-5-6-7-9(17)8-10(12,13)11(14,15)16/h9H,2-8H2,1H3. The zero-order valence-electron chi connectivity index (χ0n) is 9.79. The first kappa shape index (κ1) is 17.4. The Hall–Kier alpha value is 0.380. The van der Waals surface area contributed by atoms with Crippen LogP contribution < -0.4 is 0 Å². The third-order valence-corrected chi connectivity index (χ3v) is 3.58. The van der Waals surface area contributed by atoms with Crippen LogP contribution in [0.1, 0.15) is 51.9 Å². The largest absolute Gasteiger partial charge is 0.453 e. The Morgan fingerprint density at radius 1 is 0.941 bits per heavy atom. The quantitative estimate of drug-likeness (QED) is 0.221. The molecular formula is C11H18F5I. The monoisotopic (exact) mass is 372 g/mol. The molecule has 0 aromatic rings. The van der Waals surface area contributed by atoms with Gasteiger partial charge in [-0.1, -0.05) is 61.6 Å². The summed E-state index contributed by atoms with van der Waals surface area (Å²) in [7, 11) is 0. The molecule has 1 atom stereocenters. The lowest BCUT2D eigenvalue weighted by atomic mass is 10.1. The van der Waals surface area contributed by atoms with Crippen molar-refractivity contribution in [1.29, 1.82) is 0 Å². The summed E-state index contributed by atoms with van der Waals surface area (Å²) >= 11 is 1.69. The lowest BCUT2D eigenvalue weighted by Gasteiger charge is -2.22. The molecule has 6 heteroatoms. The van der Waals surface area contributed by atoms with Gasteiger partial charge in [-0.05, 0) is 6.42 Å². The topological polar surface area (TPSA) is 0 Å². The van der Waals surface area contributed by atoms with Gasteiger partial charge in [-0.2, -0.15) is 22.0 Å². The summed E-state index contributed by atoms with van der Waals surface area (Å²) in [6, 6.07) is 0. The number of hydrogen-bond donors (Lipinski definition) is 0. The molecule has 0 saturated carbocycles. The summed E-state index contributed by atoms with van der Waals surface area (Å²) in [4.78, 5) is 0. The highest BCUT2D eigenvalue weighted by Crippen LogP contribution is 2.40. The van der Waals surface area contributed by atoms with E-state index < -0.39 is 22.4 Å². The van der Waals surface area contributed by atoms with Crippen LogP contribution in [-0.4, -0.2) is 16.0 Å². The van der Waals surface area contributed by atoms with Crippen molar-refractivity contribution in [3.05, 3.63) is 0 Å². The minimum atomic E-state index is -5.42. The van der Waals surface area contributed by atoms with Crippen LogP contribution in [0.25, 0.3) is 0 Å².